The van der Waals surface area contributed by atoms with Gasteiger partial charge in [-0.2, -0.15) is 13.2 Å². The molecule has 1 N–H and O–H groups in total. The van der Waals surface area contributed by atoms with Gasteiger partial charge in [-0.15, -0.1) is 0 Å². The zero-order valence-corrected chi connectivity index (χ0v) is 10.4. The number of nitrogens with one attached hydrogen (secondary N) is 1. The van der Waals surface area contributed by atoms with E-state index in [-0.39, 0.29) is 0 Å². The number of rotatable bonds is 5. The molecule has 0 aliphatic heterocycles. The fourth-order valence-electron chi connectivity index (χ4n) is 1.92. The van der Waals surface area contributed by atoms with Crippen LogP contribution in [-0.4, -0.2) is 9.97 Å². The summed E-state index contributed by atoms with van der Waals surface area (Å²) in [6, 6.07) is 5.38. The van der Waals surface area contributed by atoms with Crippen LogP contribution in [0.4, 0.5) is 13.2 Å². The van der Waals surface area contributed by atoms with Crippen LogP contribution in [0.2, 0.25) is 0 Å². The number of nitrogens with zero attached hydrogens (tertiary/aromatic N) is 1. The van der Waals surface area contributed by atoms with Gasteiger partial charge in [0, 0.05) is 18.8 Å². The van der Waals surface area contributed by atoms with E-state index in [0.29, 0.717) is 0 Å². The molecule has 0 unspecified atom stereocenters. The summed E-state index contributed by atoms with van der Waals surface area (Å²) in [5.41, 5.74) is 0.347. The van der Waals surface area contributed by atoms with Crippen LogP contribution in [0, 0.1) is 0 Å². The largest absolute Gasteiger partial charge is 0.416 e. The minimum Gasteiger partial charge on any atom is -0.349 e. The predicted molar refractivity (Wildman–Crippen MR) is 66.7 cm³/mol. The second-order valence-corrected chi connectivity index (χ2v) is 4.44. The van der Waals surface area contributed by atoms with Crippen molar-refractivity contribution in [1.29, 1.82) is 0 Å². The van der Waals surface area contributed by atoms with E-state index in [1.807, 2.05) is 0 Å². The lowest BCUT2D eigenvalue weighted by Gasteiger charge is -2.07. The lowest BCUT2D eigenvalue weighted by molar-refractivity contribution is -0.137. The summed E-state index contributed by atoms with van der Waals surface area (Å²) in [6.45, 7) is 0. The van der Waals surface area contributed by atoms with Crippen molar-refractivity contribution in [2.45, 2.75) is 31.9 Å². The Kier molecular flexibility index (Phi) is 4.24. The highest BCUT2D eigenvalue weighted by molar-refractivity contribution is 5.24. The number of aromatic nitrogens is 2. The van der Waals surface area contributed by atoms with Gasteiger partial charge in [-0.3, -0.25) is 0 Å². The molecular formula is C14H15F3N2. The predicted octanol–water partition coefficient (Wildman–Crippen LogP) is 3.99. The van der Waals surface area contributed by atoms with Crippen molar-refractivity contribution in [2.24, 2.45) is 0 Å². The van der Waals surface area contributed by atoms with Gasteiger partial charge in [0.1, 0.15) is 5.82 Å². The summed E-state index contributed by atoms with van der Waals surface area (Å²) in [7, 11) is 0. The average Bonchev–Trinajstić information content (AvgIpc) is 2.87. The summed E-state index contributed by atoms with van der Waals surface area (Å²) in [4.78, 5) is 7.14. The standard InChI is InChI=1S/C14H15F3N2/c15-14(16,17)12-7-5-11(6-8-12)3-1-2-4-13-18-9-10-19-13/h5-10H,1-4H2,(H,18,19). The molecule has 19 heavy (non-hydrogen) atoms. The molecule has 0 aliphatic carbocycles. The summed E-state index contributed by atoms with van der Waals surface area (Å²) in [6.07, 6.45) is 2.81. The molecule has 102 valence electrons. The normalized spacial score (nSPS) is 11.7. The highest BCUT2D eigenvalue weighted by atomic mass is 19.4. The van der Waals surface area contributed by atoms with E-state index >= 15 is 0 Å². The van der Waals surface area contributed by atoms with E-state index in [0.717, 1.165) is 49.2 Å². The first kappa shape index (κ1) is 13.6. The van der Waals surface area contributed by atoms with Gasteiger partial charge in [-0.1, -0.05) is 12.1 Å². The lowest BCUT2D eigenvalue weighted by atomic mass is 10.0. The van der Waals surface area contributed by atoms with Crippen molar-refractivity contribution in [3.8, 4) is 0 Å². The number of hydrogen-bond acceptors (Lipinski definition) is 1. The third kappa shape index (κ3) is 4.12. The molecule has 0 saturated carbocycles. The summed E-state index contributed by atoms with van der Waals surface area (Å²) in [5.74, 6) is 0.951. The highest BCUT2D eigenvalue weighted by Crippen LogP contribution is 2.29. The Balaban J connectivity index is 1.77. The molecule has 5 heteroatoms. The van der Waals surface area contributed by atoms with E-state index in [4.69, 9.17) is 0 Å². The van der Waals surface area contributed by atoms with Gasteiger partial charge >= 0.3 is 6.18 Å². The Bertz CT molecular complexity index is 486. The second-order valence-electron chi connectivity index (χ2n) is 4.44. The van der Waals surface area contributed by atoms with Crippen molar-refractivity contribution in [3.05, 3.63) is 53.6 Å². The summed E-state index contributed by atoms with van der Waals surface area (Å²) < 4.78 is 37.1. The molecule has 2 aromatic rings. The van der Waals surface area contributed by atoms with Crippen molar-refractivity contribution in [1.82, 2.24) is 9.97 Å². The Morgan fingerprint density at radius 1 is 1.00 bits per heavy atom. The quantitative estimate of drug-likeness (QED) is 0.816. The molecule has 0 spiro atoms. The van der Waals surface area contributed by atoms with Crippen LogP contribution in [0.1, 0.15) is 29.8 Å². The zero-order chi connectivity index (χ0) is 13.7. The zero-order valence-electron chi connectivity index (χ0n) is 10.4. The van der Waals surface area contributed by atoms with Crippen LogP contribution < -0.4 is 0 Å². The number of imidazole rings is 1. The Labute approximate surface area is 109 Å². The first-order valence-corrected chi connectivity index (χ1v) is 6.20. The van der Waals surface area contributed by atoms with Gasteiger partial charge in [0.15, 0.2) is 0 Å². The van der Waals surface area contributed by atoms with Crippen LogP contribution in [0.5, 0.6) is 0 Å². The molecule has 0 aliphatic rings. The molecule has 0 saturated heterocycles. The van der Waals surface area contributed by atoms with Gasteiger partial charge < -0.3 is 4.98 Å². The minimum absolute atomic E-state index is 0.591. The number of benzene rings is 1. The maximum absolute atomic E-state index is 12.4. The number of hydrogen-bond donors (Lipinski definition) is 1. The molecule has 0 amide bonds. The van der Waals surface area contributed by atoms with Crippen LogP contribution in [0.15, 0.2) is 36.7 Å². The molecule has 0 radical (unpaired) electrons. The molecule has 2 rings (SSSR count). The number of aryl methyl sites for hydroxylation is 2. The minimum atomic E-state index is -4.25. The molecule has 2 nitrogen and oxygen atoms in total. The summed E-state index contributed by atoms with van der Waals surface area (Å²) >= 11 is 0. The smallest absolute Gasteiger partial charge is 0.349 e. The van der Waals surface area contributed by atoms with Gasteiger partial charge in [0.2, 0.25) is 0 Å². The van der Waals surface area contributed by atoms with E-state index in [9.17, 15) is 13.2 Å². The molecule has 0 atom stereocenters. The Morgan fingerprint density at radius 3 is 2.26 bits per heavy atom. The van der Waals surface area contributed by atoms with E-state index in [2.05, 4.69) is 9.97 Å². The number of H-pyrrole nitrogens is 1. The Morgan fingerprint density at radius 2 is 1.68 bits per heavy atom. The third-order valence-electron chi connectivity index (χ3n) is 2.97. The topological polar surface area (TPSA) is 28.7 Å². The SMILES string of the molecule is FC(F)(F)c1ccc(CCCCc2ncc[nH]2)cc1. The van der Waals surface area contributed by atoms with Gasteiger partial charge in [0.05, 0.1) is 5.56 Å². The maximum atomic E-state index is 12.4. The van der Waals surface area contributed by atoms with Crippen LogP contribution in [0.25, 0.3) is 0 Å². The van der Waals surface area contributed by atoms with Crippen molar-refractivity contribution < 1.29 is 13.2 Å². The molecule has 1 aromatic heterocycles. The third-order valence-corrected chi connectivity index (χ3v) is 2.97. The monoisotopic (exact) mass is 268 g/mol. The van der Waals surface area contributed by atoms with Crippen molar-refractivity contribution >= 4 is 0 Å². The molecule has 1 aromatic carbocycles. The first-order chi connectivity index (χ1) is 9.05. The van der Waals surface area contributed by atoms with E-state index in [1.165, 1.54) is 0 Å². The number of halogens is 3. The lowest BCUT2D eigenvalue weighted by Crippen LogP contribution is -2.04. The summed E-state index contributed by atoms with van der Waals surface area (Å²) in [5, 5.41) is 0. The average molecular weight is 268 g/mol. The first-order valence-electron chi connectivity index (χ1n) is 6.20. The van der Waals surface area contributed by atoms with Gasteiger partial charge in [-0.05, 0) is 37.0 Å². The van der Waals surface area contributed by atoms with Gasteiger partial charge in [-0.25, -0.2) is 4.98 Å². The van der Waals surface area contributed by atoms with E-state index in [1.54, 1.807) is 24.5 Å². The number of aromatic amines is 1. The van der Waals surface area contributed by atoms with Gasteiger partial charge in [0.25, 0.3) is 0 Å². The fourth-order valence-corrected chi connectivity index (χ4v) is 1.92. The van der Waals surface area contributed by atoms with Crippen molar-refractivity contribution in [3.63, 3.8) is 0 Å². The molecular weight excluding hydrogens is 253 g/mol. The second kappa shape index (κ2) is 5.91. The molecule has 0 bridgehead atoms. The van der Waals surface area contributed by atoms with Crippen LogP contribution in [-0.2, 0) is 19.0 Å². The maximum Gasteiger partial charge on any atom is 0.416 e. The number of alkyl halides is 3. The Hall–Kier alpha value is -1.78. The molecule has 1 heterocycles. The van der Waals surface area contributed by atoms with E-state index < -0.39 is 11.7 Å². The van der Waals surface area contributed by atoms with Crippen molar-refractivity contribution in [2.75, 3.05) is 0 Å². The van der Waals surface area contributed by atoms with Crippen LogP contribution in [0.3, 0.4) is 0 Å². The van der Waals surface area contributed by atoms with Crippen LogP contribution >= 0.6 is 0 Å². The number of unbranched alkanes of at least 4 members (excludes halogenated alkanes) is 1. The molecule has 0 fully saturated rings. The highest BCUT2D eigenvalue weighted by Gasteiger charge is 2.29. The fraction of sp³-hybridized carbons (Fsp3) is 0.357.